The first kappa shape index (κ1) is 15.4. The van der Waals surface area contributed by atoms with Crippen LogP contribution in [0.5, 0.6) is 0 Å². The van der Waals surface area contributed by atoms with Crippen molar-refractivity contribution in [3.8, 4) is 0 Å². The molecule has 0 aliphatic carbocycles. The fraction of sp³-hybridized carbons (Fsp3) is 0.733. The van der Waals surface area contributed by atoms with E-state index in [1.54, 1.807) is 0 Å². The highest BCUT2D eigenvalue weighted by Crippen LogP contribution is 2.33. The molecule has 1 aliphatic heterocycles. The van der Waals surface area contributed by atoms with Crippen molar-refractivity contribution >= 4 is 22.8 Å². The van der Waals surface area contributed by atoms with Gasteiger partial charge < -0.3 is 4.90 Å². The van der Waals surface area contributed by atoms with E-state index >= 15 is 0 Å². The Morgan fingerprint density at radius 1 is 1.40 bits per heavy atom. The molecular formula is C15H25N3OS. The first-order valence-corrected chi connectivity index (χ1v) is 8.10. The molecule has 112 valence electrons. The lowest BCUT2D eigenvalue weighted by Gasteiger charge is -2.39. The van der Waals surface area contributed by atoms with Gasteiger partial charge in [-0.15, -0.1) is 0 Å². The molecule has 0 radical (unpaired) electrons. The summed E-state index contributed by atoms with van der Waals surface area (Å²) < 4.78 is 0. The maximum Gasteiger partial charge on any atom is 0.186 e. The zero-order valence-corrected chi connectivity index (χ0v) is 14.0. The van der Waals surface area contributed by atoms with Gasteiger partial charge in [0.1, 0.15) is 0 Å². The zero-order chi connectivity index (χ0) is 14.9. The third-order valence-electron chi connectivity index (χ3n) is 3.98. The van der Waals surface area contributed by atoms with E-state index in [2.05, 4.69) is 44.5 Å². The summed E-state index contributed by atoms with van der Waals surface area (Å²) in [4.78, 5) is 21.6. The number of aromatic nitrogens is 1. The zero-order valence-electron chi connectivity index (χ0n) is 13.1. The highest BCUT2D eigenvalue weighted by atomic mass is 32.1. The van der Waals surface area contributed by atoms with Gasteiger partial charge in [-0.1, -0.05) is 39.0 Å². The predicted octanol–water partition coefficient (Wildman–Crippen LogP) is 2.78. The van der Waals surface area contributed by atoms with Crippen LogP contribution in [-0.4, -0.2) is 48.9 Å². The van der Waals surface area contributed by atoms with Crippen molar-refractivity contribution in [3.05, 3.63) is 10.6 Å². The van der Waals surface area contributed by atoms with Crippen molar-refractivity contribution in [2.24, 2.45) is 0 Å². The molecule has 0 amide bonds. The molecule has 0 aromatic carbocycles. The summed E-state index contributed by atoms with van der Waals surface area (Å²) in [6, 6.07) is 0.574. The monoisotopic (exact) mass is 295 g/mol. The number of likely N-dealkylation sites (N-methyl/N-ethyl adjacent to an activating group) is 1. The molecule has 2 rings (SSSR count). The molecule has 1 aromatic rings. The summed E-state index contributed by atoms with van der Waals surface area (Å²) in [6.45, 7) is 11.6. The minimum atomic E-state index is -0.0816. The first-order valence-electron chi connectivity index (χ1n) is 7.28. The lowest BCUT2D eigenvalue weighted by atomic mass is 9.91. The third kappa shape index (κ3) is 3.04. The maximum absolute atomic E-state index is 11.3. The van der Waals surface area contributed by atoms with Gasteiger partial charge in [0.25, 0.3) is 0 Å². The minimum absolute atomic E-state index is 0.0816. The first-order chi connectivity index (χ1) is 9.36. The molecule has 1 unspecified atom stereocenters. The molecule has 0 N–H and O–H groups in total. The molecule has 1 atom stereocenters. The van der Waals surface area contributed by atoms with E-state index in [0.29, 0.717) is 6.04 Å². The summed E-state index contributed by atoms with van der Waals surface area (Å²) in [7, 11) is 2.19. The smallest absolute Gasteiger partial charge is 0.186 e. The number of carbonyl (C=O) groups is 1. The lowest BCUT2D eigenvalue weighted by Crippen LogP contribution is -2.51. The molecule has 1 saturated heterocycles. The van der Waals surface area contributed by atoms with Crippen molar-refractivity contribution in [3.63, 3.8) is 0 Å². The molecule has 5 heteroatoms. The van der Waals surface area contributed by atoms with Gasteiger partial charge in [0.05, 0.1) is 10.6 Å². The predicted molar refractivity (Wildman–Crippen MR) is 85.1 cm³/mol. The Morgan fingerprint density at radius 2 is 2.10 bits per heavy atom. The summed E-state index contributed by atoms with van der Waals surface area (Å²) in [6.07, 6.45) is 2.10. The maximum atomic E-state index is 11.3. The number of hydrogen-bond acceptors (Lipinski definition) is 5. The van der Waals surface area contributed by atoms with Crippen LogP contribution in [0.4, 0.5) is 5.13 Å². The quantitative estimate of drug-likeness (QED) is 0.804. The van der Waals surface area contributed by atoms with E-state index in [9.17, 15) is 4.79 Å². The van der Waals surface area contributed by atoms with Crippen molar-refractivity contribution in [1.82, 2.24) is 9.88 Å². The van der Waals surface area contributed by atoms with Crippen molar-refractivity contribution in [2.45, 2.75) is 45.6 Å². The van der Waals surface area contributed by atoms with E-state index in [1.807, 2.05) is 0 Å². The number of piperazine rings is 1. The molecular weight excluding hydrogens is 270 g/mol. The molecule has 0 saturated carbocycles. The van der Waals surface area contributed by atoms with Gasteiger partial charge in [-0.25, -0.2) is 4.98 Å². The van der Waals surface area contributed by atoms with Gasteiger partial charge >= 0.3 is 0 Å². The Labute approximate surface area is 125 Å². The van der Waals surface area contributed by atoms with Crippen LogP contribution in [0.2, 0.25) is 0 Å². The Morgan fingerprint density at radius 3 is 2.60 bits per heavy atom. The topological polar surface area (TPSA) is 36.4 Å². The number of anilines is 1. The van der Waals surface area contributed by atoms with Crippen LogP contribution in [0.25, 0.3) is 0 Å². The number of rotatable bonds is 3. The van der Waals surface area contributed by atoms with Crippen LogP contribution in [0.15, 0.2) is 0 Å². The van der Waals surface area contributed by atoms with Crippen LogP contribution in [-0.2, 0) is 5.41 Å². The average molecular weight is 295 g/mol. The SMILES string of the molecule is CCC1CN(c2nc(C(C)(C)C)c(C=O)s2)CCN1C. The Bertz CT molecular complexity index is 478. The van der Waals surface area contributed by atoms with Crippen molar-refractivity contribution in [2.75, 3.05) is 31.6 Å². The number of thiazole rings is 1. The number of hydrogen-bond donors (Lipinski definition) is 0. The normalized spacial score (nSPS) is 21.2. The second-order valence-corrected chi connectivity index (χ2v) is 7.57. The van der Waals surface area contributed by atoms with Crippen molar-refractivity contribution < 1.29 is 4.79 Å². The highest BCUT2D eigenvalue weighted by molar-refractivity contribution is 7.17. The van der Waals surface area contributed by atoms with Crippen LogP contribution < -0.4 is 4.90 Å². The molecule has 1 aliphatic rings. The standard InChI is InChI=1S/C15H25N3OS/c1-6-11-9-18(8-7-17(11)5)14-16-13(15(2,3)4)12(10-19)20-14/h10-11H,6-9H2,1-5H3. The van der Waals surface area contributed by atoms with Crippen LogP contribution in [0.3, 0.4) is 0 Å². The Kier molecular flexibility index (Phi) is 4.49. The lowest BCUT2D eigenvalue weighted by molar-refractivity contribution is 0.112. The molecule has 2 heterocycles. The Balaban J connectivity index is 2.25. The fourth-order valence-corrected chi connectivity index (χ4v) is 3.76. The van der Waals surface area contributed by atoms with Gasteiger partial charge in [0.15, 0.2) is 11.4 Å². The summed E-state index contributed by atoms with van der Waals surface area (Å²) in [5.41, 5.74) is 0.848. The van der Waals surface area contributed by atoms with E-state index < -0.39 is 0 Å². The molecule has 1 fully saturated rings. The van der Waals surface area contributed by atoms with Crippen LogP contribution in [0.1, 0.15) is 49.5 Å². The number of aldehydes is 1. The second-order valence-electron chi connectivity index (χ2n) is 6.57. The van der Waals surface area contributed by atoms with E-state index in [4.69, 9.17) is 4.98 Å². The Hall–Kier alpha value is -0.940. The van der Waals surface area contributed by atoms with Crippen LogP contribution in [0, 0.1) is 0 Å². The largest absolute Gasteiger partial charge is 0.345 e. The summed E-state index contributed by atoms with van der Waals surface area (Å²) in [5, 5.41) is 1.00. The van der Waals surface area contributed by atoms with Gasteiger partial charge in [0, 0.05) is 31.1 Å². The van der Waals surface area contributed by atoms with E-state index in [1.165, 1.54) is 11.3 Å². The van der Waals surface area contributed by atoms with Gasteiger partial charge in [-0.3, -0.25) is 9.69 Å². The molecule has 1 aromatic heterocycles. The van der Waals surface area contributed by atoms with Gasteiger partial charge in [0.2, 0.25) is 0 Å². The highest BCUT2D eigenvalue weighted by Gasteiger charge is 2.28. The summed E-state index contributed by atoms with van der Waals surface area (Å²) in [5.74, 6) is 0. The molecule has 0 bridgehead atoms. The van der Waals surface area contributed by atoms with E-state index in [-0.39, 0.29) is 5.41 Å². The number of carbonyl (C=O) groups excluding carboxylic acids is 1. The molecule has 4 nitrogen and oxygen atoms in total. The average Bonchev–Trinajstić information content (AvgIpc) is 2.83. The molecule has 20 heavy (non-hydrogen) atoms. The van der Waals surface area contributed by atoms with Crippen molar-refractivity contribution in [1.29, 1.82) is 0 Å². The molecule has 0 spiro atoms. The second kappa shape index (κ2) is 5.82. The third-order valence-corrected chi connectivity index (χ3v) is 5.02. The van der Waals surface area contributed by atoms with Gasteiger partial charge in [-0.2, -0.15) is 0 Å². The minimum Gasteiger partial charge on any atom is -0.345 e. The van der Waals surface area contributed by atoms with Gasteiger partial charge in [-0.05, 0) is 13.5 Å². The fourth-order valence-electron chi connectivity index (χ4n) is 2.63. The van der Waals surface area contributed by atoms with E-state index in [0.717, 1.165) is 48.0 Å². The number of nitrogens with zero attached hydrogens (tertiary/aromatic N) is 3. The van der Waals surface area contributed by atoms with Crippen LogP contribution >= 0.6 is 11.3 Å². The summed E-state index contributed by atoms with van der Waals surface area (Å²) >= 11 is 1.53.